The minimum absolute atomic E-state index is 0.0971. The van der Waals surface area contributed by atoms with Crippen molar-refractivity contribution in [1.82, 2.24) is 4.90 Å². The molecule has 0 fully saturated rings. The number of hydrogen-bond acceptors (Lipinski definition) is 2. The van der Waals surface area contributed by atoms with E-state index in [4.69, 9.17) is 0 Å². The average molecular weight is 227 g/mol. The SMILES string of the molecule is CN(CCCS)CCc1ccccc1F. The first-order chi connectivity index (χ1) is 7.24. The smallest absolute Gasteiger partial charge is 0.126 e. The lowest BCUT2D eigenvalue weighted by Crippen LogP contribution is -2.23. The molecule has 0 N–H and O–H groups in total. The van der Waals surface area contributed by atoms with Gasteiger partial charge in [0, 0.05) is 6.54 Å². The Morgan fingerprint density at radius 1 is 1.27 bits per heavy atom. The Hall–Kier alpha value is -0.540. The molecule has 0 radical (unpaired) electrons. The first-order valence-corrected chi connectivity index (χ1v) is 5.90. The van der Waals surface area contributed by atoms with Crippen molar-refractivity contribution in [1.29, 1.82) is 0 Å². The van der Waals surface area contributed by atoms with Gasteiger partial charge in [0.2, 0.25) is 0 Å². The fourth-order valence-corrected chi connectivity index (χ4v) is 1.61. The van der Waals surface area contributed by atoms with Crippen molar-refractivity contribution in [3.8, 4) is 0 Å². The van der Waals surface area contributed by atoms with E-state index >= 15 is 0 Å². The molecule has 0 bridgehead atoms. The van der Waals surface area contributed by atoms with Crippen molar-refractivity contribution >= 4 is 12.6 Å². The Bertz CT molecular complexity index is 291. The van der Waals surface area contributed by atoms with E-state index in [-0.39, 0.29) is 5.82 Å². The number of halogens is 1. The third-order valence-electron chi connectivity index (χ3n) is 2.42. The van der Waals surface area contributed by atoms with E-state index in [1.54, 1.807) is 6.07 Å². The van der Waals surface area contributed by atoms with Gasteiger partial charge in [0.05, 0.1) is 0 Å². The summed E-state index contributed by atoms with van der Waals surface area (Å²) in [6.45, 7) is 1.92. The van der Waals surface area contributed by atoms with Gasteiger partial charge < -0.3 is 4.90 Å². The van der Waals surface area contributed by atoms with Gasteiger partial charge in [-0.1, -0.05) is 18.2 Å². The van der Waals surface area contributed by atoms with Crippen LogP contribution in [0.25, 0.3) is 0 Å². The lowest BCUT2D eigenvalue weighted by atomic mass is 10.1. The van der Waals surface area contributed by atoms with E-state index in [1.165, 1.54) is 6.07 Å². The fraction of sp³-hybridized carbons (Fsp3) is 0.500. The predicted octanol–water partition coefficient (Wildman–Crippen LogP) is 2.62. The summed E-state index contributed by atoms with van der Waals surface area (Å²) >= 11 is 4.16. The Morgan fingerprint density at radius 2 is 2.00 bits per heavy atom. The van der Waals surface area contributed by atoms with Crippen molar-refractivity contribution in [2.75, 3.05) is 25.9 Å². The molecule has 15 heavy (non-hydrogen) atoms. The normalized spacial score (nSPS) is 10.9. The van der Waals surface area contributed by atoms with Gasteiger partial charge in [-0.05, 0) is 43.8 Å². The minimum atomic E-state index is -0.0971. The standard InChI is InChI=1S/C12H18FNS/c1-14(8-4-10-15)9-7-11-5-2-3-6-12(11)13/h2-3,5-6,15H,4,7-10H2,1H3. The number of likely N-dealkylation sites (N-methyl/N-ethyl adjacent to an activating group) is 1. The molecule has 0 aliphatic rings. The molecule has 0 aromatic heterocycles. The molecule has 0 aliphatic heterocycles. The van der Waals surface area contributed by atoms with Gasteiger partial charge in [-0.25, -0.2) is 4.39 Å². The molecule has 0 atom stereocenters. The molecule has 3 heteroatoms. The van der Waals surface area contributed by atoms with E-state index in [0.717, 1.165) is 37.2 Å². The van der Waals surface area contributed by atoms with Gasteiger partial charge in [-0.3, -0.25) is 0 Å². The Kier molecular flexibility index (Phi) is 5.73. The highest BCUT2D eigenvalue weighted by atomic mass is 32.1. The van der Waals surface area contributed by atoms with Crippen LogP contribution in [-0.4, -0.2) is 30.8 Å². The summed E-state index contributed by atoms with van der Waals surface area (Å²) in [4.78, 5) is 2.21. The molecule has 1 aromatic carbocycles. The van der Waals surface area contributed by atoms with Crippen LogP contribution in [0.3, 0.4) is 0 Å². The molecule has 0 spiro atoms. The van der Waals surface area contributed by atoms with Crippen molar-refractivity contribution in [3.05, 3.63) is 35.6 Å². The summed E-state index contributed by atoms with van der Waals surface area (Å²) in [7, 11) is 2.06. The number of benzene rings is 1. The topological polar surface area (TPSA) is 3.24 Å². The molecular weight excluding hydrogens is 209 g/mol. The average Bonchev–Trinajstić information content (AvgIpc) is 2.25. The van der Waals surface area contributed by atoms with Crippen LogP contribution in [0.5, 0.6) is 0 Å². The van der Waals surface area contributed by atoms with E-state index < -0.39 is 0 Å². The largest absolute Gasteiger partial charge is 0.306 e. The lowest BCUT2D eigenvalue weighted by Gasteiger charge is -2.15. The Morgan fingerprint density at radius 3 is 2.67 bits per heavy atom. The Labute approximate surface area is 96.7 Å². The van der Waals surface area contributed by atoms with Crippen molar-refractivity contribution < 1.29 is 4.39 Å². The zero-order chi connectivity index (χ0) is 11.1. The second kappa shape index (κ2) is 6.85. The first-order valence-electron chi connectivity index (χ1n) is 5.27. The molecule has 0 amide bonds. The van der Waals surface area contributed by atoms with Crippen LogP contribution in [0.2, 0.25) is 0 Å². The van der Waals surface area contributed by atoms with Crippen LogP contribution in [0, 0.1) is 5.82 Å². The summed E-state index contributed by atoms with van der Waals surface area (Å²) in [6.07, 6.45) is 1.85. The summed E-state index contributed by atoms with van der Waals surface area (Å²) in [5, 5.41) is 0. The van der Waals surface area contributed by atoms with Crippen LogP contribution in [0.4, 0.5) is 4.39 Å². The van der Waals surface area contributed by atoms with Gasteiger partial charge in [0.25, 0.3) is 0 Å². The summed E-state index contributed by atoms with van der Waals surface area (Å²) in [5.74, 6) is 0.810. The second-order valence-corrected chi connectivity index (χ2v) is 4.17. The van der Waals surface area contributed by atoms with E-state index in [0.29, 0.717) is 0 Å². The maximum Gasteiger partial charge on any atom is 0.126 e. The van der Waals surface area contributed by atoms with Gasteiger partial charge in [-0.2, -0.15) is 12.6 Å². The molecular formula is C12H18FNS. The van der Waals surface area contributed by atoms with Gasteiger partial charge in [0.1, 0.15) is 5.82 Å². The fourth-order valence-electron chi connectivity index (χ4n) is 1.46. The summed E-state index contributed by atoms with van der Waals surface area (Å²) in [5.41, 5.74) is 0.801. The van der Waals surface area contributed by atoms with Gasteiger partial charge in [-0.15, -0.1) is 0 Å². The van der Waals surface area contributed by atoms with E-state index in [9.17, 15) is 4.39 Å². The van der Waals surface area contributed by atoms with E-state index in [1.807, 2.05) is 12.1 Å². The van der Waals surface area contributed by atoms with Crippen molar-refractivity contribution in [3.63, 3.8) is 0 Å². The van der Waals surface area contributed by atoms with Gasteiger partial charge in [0.15, 0.2) is 0 Å². The van der Waals surface area contributed by atoms with Crippen LogP contribution in [0.15, 0.2) is 24.3 Å². The number of rotatable bonds is 6. The quantitative estimate of drug-likeness (QED) is 0.731. The molecule has 0 saturated heterocycles. The van der Waals surface area contributed by atoms with Crippen LogP contribution >= 0.6 is 12.6 Å². The van der Waals surface area contributed by atoms with E-state index in [2.05, 4.69) is 24.6 Å². The highest BCUT2D eigenvalue weighted by molar-refractivity contribution is 7.80. The van der Waals surface area contributed by atoms with Crippen molar-refractivity contribution in [2.45, 2.75) is 12.8 Å². The highest BCUT2D eigenvalue weighted by Crippen LogP contribution is 2.07. The molecule has 1 aromatic rings. The second-order valence-electron chi connectivity index (χ2n) is 3.72. The molecule has 0 heterocycles. The molecule has 0 aliphatic carbocycles. The summed E-state index contributed by atoms with van der Waals surface area (Å²) in [6, 6.07) is 6.97. The Balaban J connectivity index is 2.33. The third kappa shape index (κ3) is 4.67. The number of thiol groups is 1. The zero-order valence-electron chi connectivity index (χ0n) is 9.12. The van der Waals surface area contributed by atoms with Crippen LogP contribution in [-0.2, 0) is 6.42 Å². The molecule has 0 unspecified atom stereocenters. The number of hydrogen-bond donors (Lipinski definition) is 1. The molecule has 84 valence electrons. The maximum absolute atomic E-state index is 13.3. The predicted molar refractivity (Wildman–Crippen MR) is 66.1 cm³/mol. The third-order valence-corrected chi connectivity index (χ3v) is 2.73. The summed E-state index contributed by atoms with van der Waals surface area (Å²) < 4.78 is 13.3. The highest BCUT2D eigenvalue weighted by Gasteiger charge is 2.02. The number of nitrogens with zero attached hydrogens (tertiary/aromatic N) is 1. The minimum Gasteiger partial charge on any atom is -0.306 e. The zero-order valence-corrected chi connectivity index (χ0v) is 10.0. The molecule has 0 saturated carbocycles. The monoisotopic (exact) mass is 227 g/mol. The van der Waals surface area contributed by atoms with Crippen LogP contribution < -0.4 is 0 Å². The molecule has 1 nitrogen and oxygen atoms in total. The van der Waals surface area contributed by atoms with Gasteiger partial charge >= 0.3 is 0 Å². The maximum atomic E-state index is 13.3. The first kappa shape index (κ1) is 12.5. The van der Waals surface area contributed by atoms with Crippen LogP contribution in [0.1, 0.15) is 12.0 Å². The van der Waals surface area contributed by atoms with Crippen molar-refractivity contribution in [2.24, 2.45) is 0 Å². The lowest BCUT2D eigenvalue weighted by molar-refractivity contribution is 0.338. The molecule has 1 rings (SSSR count).